The molecule has 0 aromatic heterocycles. The molecule has 0 saturated heterocycles. The molecule has 0 N–H and O–H groups in total. The maximum Gasteiger partial charge on any atom is 0.129 e. The molecule has 0 unspecified atom stereocenters. The normalized spacial score (nSPS) is 13.6. The highest BCUT2D eigenvalue weighted by Gasteiger charge is 2.42. The van der Waals surface area contributed by atoms with Crippen LogP contribution in [0.2, 0.25) is 39.3 Å². The summed E-state index contributed by atoms with van der Waals surface area (Å²) in [6.07, 6.45) is 18.6. The average molecular weight is 583 g/mol. The van der Waals surface area contributed by atoms with E-state index in [9.17, 15) is 0 Å². The highest BCUT2D eigenvalue weighted by molar-refractivity contribution is 6.84. The second-order valence-electron chi connectivity index (χ2n) is 14.6. The van der Waals surface area contributed by atoms with Gasteiger partial charge in [-0.3, -0.25) is 0 Å². The number of benzene rings is 2. The number of unbranched alkanes of at least 4 members (excludes halogenated alkanes) is 10. The van der Waals surface area contributed by atoms with Crippen LogP contribution in [0.4, 0.5) is 0 Å². The van der Waals surface area contributed by atoms with Gasteiger partial charge in [0.25, 0.3) is 0 Å². The van der Waals surface area contributed by atoms with Crippen LogP contribution in [0.5, 0.6) is 0 Å². The molecule has 0 nitrogen and oxygen atoms in total. The van der Waals surface area contributed by atoms with Crippen LogP contribution in [0.1, 0.15) is 126 Å². The minimum Gasteiger partial charge on any atom is -0.127 e. The lowest BCUT2D eigenvalue weighted by Crippen LogP contribution is -2.26. The fourth-order valence-corrected chi connectivity index (χ4v) is 7.29. The average Bonchev–Trinajstić information content (AvgIpc) is 3.18. The van der Waals surface area contributed by atoms with E-state index in [4.69, 9.17) is 0 Å². The first-order valence-corrected chi connectivity index (χ1v) is 23.8. The van der Waals surface area contributed by atoms with Crippen LogP contribution in [-0.4, -0.2) is 16.1 Å². The van der Waals surface area contributed by atoms with Crippen molar-refractivity contribution in [3.63, 3.8) is 0 Å². The van der Waals surface area contributed by atoms with Crippen molar-refractivity contribution in [2.45, 2.75) is 148 Å². The van der Waals surface area contributed by atoms with Crippen molar-refractivity contribution in [2.24, 2.45) is 0 Å². The summed E-state index contributed by atoms with van der Waals surface area (Å²) in [5, 5.41) is 0. The summed E-state index contributed by atoms with van der Waals surface area (Å²) in [4.78, 5) is 0. The highest BCUT2D eigenvalue weighted by atomic mass is 28.3. The van der Waals surface area contributed by atoms with Crippen molar-refractivity contribution >= 4 is 16.1 Å². The Bertz CT molecular complexity index is 1150. The molecule has 0 amide bonds. The molecule has 0 fully saturated rings. The molecular weight excluding hydrogens is 525 g/mol. The van der Waals surface area contributed by atoms with Crippen molar-refractivity contribution in [3.05, 3.63) is 58.7 Å². The van der Waals surface area contributed by atoms with Crippen molar-refractivity contribution in [3.8, 4) is 34.1 Å². The summed E-state index contributed by atoms with van der Waals surface area (Å²) in [6.45, 7) is 18.7. The summed E-state index contributed by atoms with van der Waals surface area (Å²) in [6, 6.07) is 14.3. The lowest BCUT2D eigenvalue weighted by Gasteiger charge is -2.33. The molecule has 0 heterocycles. The topological polar surface area (TPSA) is 0 Å². The lowest BCUT2D eigenvalue weighted by molar-refractivity contribution is 0.397. The third kappa shape index (κ3) is 10.0. The van der Waals surface area contributed by atoms with E-state index in [-0.39, 0.29) is 5.41 Å². The molecule has 2 aromatic carbocycles. The summed E-state index contributed by atoms with van der Waals surface area (Å²) in [5.74, 6) is 7.20. The van der Waals surface area contributed by atoms with Gasteiger partial charge in [-0.2, -0.15) is 0 Å². The first kappa shape index (κ1) is 33.5. The van der Waals surface area contributed by atoms with E-state index in [1.165, 1.54) is 112 Å². The fraction of sp³-hybridized carbons (Fsp3) is 0.590. The van der Waals surface area contributed by atoms with Crippen LogP contribution >= 0.6 is 0 Å². The van der Waals surface area contributed by atoms with Crippen LogP contribution in [-0.2, 0) is 5.41 Å². The molecular formula is C39H58Si2. The molecule has 222 valence electrons. The van der Waals surface area contributed by atoms with Gasteiger partial charge in [0.05, 0.1) is 0 Å². The molecule has 0 atom stereocenters. The second-order valence-corrected chi connectivity index (χ2v) is 24.1. The van der Waals surface area contributed by atoms with Gasteiger partial charge < -0.3 is 0 Å². The van der Waals surface area contributed by atoms with Crippen molar-refractivity contribution in [1.29, 1.82) is 0 Å². The van der Waals surface area contributed by atoms with Gasteiger partial charge in [0.1, 0.15) is 16.1 Å². The molecule has 1 aliphatic rings. The number of hydrogen-bond donors (Lipinski definition) is 0. The van der Waals surface area contributed by atoms with Crippen molar-refractivity contribution in [2.75, 3.05) is 0 Å². The van der Waals surface area contributed by atoms with Gasteiger partial charge >= 0.3 is 0 Å². The van der Waals surface area contributed by atoms with Gasteiger partial charge in [-0.1, -0.05) is 154 Å². The molecule has 2 heteroatoms. The largest absolute Gasteiger partial charge is 0.129 e. The molecule has 0 saturated carbocycles. The quantitative estimate of drug-likeness (QED) is 0.118. The molecule has 41 heavy (non-hydrogen) atoms. The lowest BCUT2D eigenvalue weighted by atomic mass is 9.70. The zero-order chi connectivity index (χ0) is 29.9. The Morgan fingerprint density at radius 3 is 1.24 bits per heavy atom. The highest BCUT2D eigenvalue weighted by Crippen LogP contribution is 2.54. The van der Waals surface area contributed by atoms with Gasteiger partial charge in [0, 0.05) is 16.5 Å². The SMILES string of the molecule is CCCCCCCCC1(CCCCCCCC)c2cc(C#C[Si](C)(C)C)ccc2-c2ccc(C#C[Si](C)(C)C)cc21. The van der Waals surface area contributed by atoms with E-state index in [0.29, 0.717) is 0 Å². The third-order valence-corrected chi connectivity index (χ3v) is 10.2. The predicted octanol–water partition coefficient (Wildman–Crippen LogP) is 11.9. The number of fused-ring (bicyclic) bond motifs is 3. The number of hydrogen-bond acceptors (Lipinski definition) is 0. The Hall–Kier alpha value is -2.01. The van der Waals surface area contributed by atoms with Crippen LogP contribution in [0.15, 0.2) is 36.4 Å². The van der Waals surface area contributed by atoms with Gasteiger partial charge in [-0.25, -0.2) is 0 Å². The van der Waals surface area contributed by atoms with Crippen LogP contribution in [0.25, 0.3) is 11.1 Å². The first-order chi connectivity index (χ1) is 19.5. The maximum absolute atomic E-state index is 3.64. The Morgan fingerprint density at radius 2 is 0.878 bits per heavy atom. The molecule has 0 bridgehead atoms. The van der Waals surface area contributed by atoms with Gasteiger partial charge in [0.15, 0.2) is 0 Å². The Labute approximate surface area is 256 Å². The van der Waals surface area contributed by atoms with Crippen molar-refractivity contribution in [1.82, 2.24) is 0 Å². The van der Waals surface area contributed by atoms with E-state index in [1.807, 2.05) is 0 Å². The fourth-order valence-electron chi connectivity index (χ4n) is 6.25. The Kier molecular flexibility index (Phi) is 12.6. The second kappa shape index (κ2) is 15.5. The maximum atomic E-state index is 3.64. The summed E-state index contributed by atoms with van der Waals surface area (Å²) < 4.78 is 0. The van der Waals surface area contributed by atoms with Crippen molar-refractivity contribution < 1.29 is 0 Å². The molecule has 0 aliphatic heterocycles. The standard InChI is InChI=1S/C39H58Si2/c1-9-11-13-15-17-19-27-39(28-20-18-16-14-12-10-2)37-31-33(25-29-40(3,4)5)21-23-35(37)36-24-22-34(32-38(36)39)26-30-41(6,7)8/h21-24,31-32H,9-20,27-28H2,1-8H3. The van der Waals surface area contributed by atoms with E-state index >= 15 is 0 Å². The van der Waals surface area contributed by atoms with Crippen LogP contribution in [0.3, 0.4) is 0 Å². The number of rotatable bonds is 14. The van der Waals surface area contributed by atoms with Crippen LogP contribution < -0.4 is 0 Å². The zero-order valence-corrected chi connectivity index (χ0v) is 29.9. The molecule has 1 aliphatic carbocycles. The first-order valence-electron chi connectivity index (χ1n) is 16.8. The van der Waals surface area contributed by atoms with E-state index in [0.717, 1.165) is 0 Å². The molecule has 2 aromatic rings. The minimum atomic E-state index is -1.44. The van der Waals surface area contributed by atoms with Gasteiger partial charge in [-0.15, -0.1) is 11.1 Å². The molecule has 0 radical (unpaired) electrons. The van der Waals surface area contributed by atoms with Crippen LogP contribution in [0, 0.1) is 22.9 Å². The van der Waals surface area contributed by atoms with Gasteiger partial charge in [-0.05, 0) is 59.4 Å². The summed E-state index contributed by atoms with van der Waals surface area (Å²) in [5.41, 5.74) is 15.7. The minimum absolute atomic E-state index is 0.0773. The smallest absolute Gasteiger partial charge is 0.127 e. The molecule has 0 spiro atoms. The van der Waals surface area contributed by atoms with Gasteiger partial charge in [0.2, 0.25) is 0 Å². The summed E-state index contributed by atoms with van der Waals surface area (Å²) >= 11 is 0. The van der Waals surface area contributed by atoms with E-state index < -0.39 is 16.1 Å². The monoisotopic (exact) mass is 582 g/mol. The van der Waals surface area contributed by atoms with E-state index in [2.05, 4.69) is 112 Å². The zero-order valence-electron chi connectivity index (χ0n) is 27.9. The Balaban J connectivity index is 2.07. The summed E-state index contributed by atoms with van der Waals surface area (Å²) in [7, 11) is -2.89. The molecule has 3 rings (SSSR count). The van der Waals surface area contributed by atoms with E-state index in [1.54, 1.807) is 11.1 Å². The Morgan fingerprint density at radius 1 is 0.512 bits per heavy atom. The third-order valence-electron chi connectivity index (χ3n) is 8.44. The predicted molar refractivity (Wildman–Crippen MR) is 189 cm³/mol.